The lowest BCUT2D eigenvalue weighted by Gasteiger charge is -2.23. The first-order chi connectivity index (χ1) is 9.81. The van der Waals surface area contributed by atoms with Crippen LogP contribution in [0.2, 0.25) is 0 Å². The van der Waals surface area contributed by atoms with Crippen LogP contribution >= 0.6 is 0 Å². The molecule has 0 heteroatoms. The fourth-order valence-electron chi connectivity index (χ4n) is 2.81. The van der Waals surface area contributed by atoms with Gasteiger partial charge in [-0.2, -0.15) is 0 Å². The largest absolute Gasteiger partial charge is 0.0856 e. The molecule has 0 bridgehead atoms. The summed E-state index contributed by atoms with van der Waals surface area (Å²) in [5.41, 5.74) is 3.36. The number of allylic oxidation sites excluding steroid dienone is 6. The second-order valence-electron chi connectivity index (χ2n) is 5.38. The minimum atomic E-state index is 0.799. The Morgan fingerprint density at radius 2 is 2.00 bits per heavy atom. The SMILES string of the molecule is CC.CC/C=C(\CC)CC(CCCC)C1=CC=CCC1. The van der Waals surface area contributed by atoms with E-state index in [0.29, 0.717) is 0 Å². The van der Waals surface area contributed by atoms with Crippen molar-refractivity contribution in [3.63, 3.8) is 0 Å². The van der Waals surface area contributed by atoms with Gasteiger partial charge in [0.25, 0.3) is 0 Å². The fraction of sp³-hybridized carbons (Fsp3) is 0.700. The average molecular weight is 277 g/mol. The molecule has 0 N–H and O–H groups in total. The van der Waals surface area contributed by atoms with E-state index in [1.807, 2.05) is 13.8 Å². The second-order valence-corrected chi connectivity index (χ2v) is 5.38. The van der Waals surface area contributed by atoms with Gasteiger partial charge in [0.05, 0.1) is 0 Å². The number of unbranched alkanes of at least 4 members (excludes halogenated alkanes) is 1. The summed E-state index contributed by atoms with van der Waals surface area (Å²) in [5.74, 6) is 0.799. The van der Waals surface area contributed by atoms with E-state index in [9.17, 15) is 0 Å². The Kier molecular flexibility index (Phi) is 12.7. The highest BCUT2D eigenvalue weighted by molar-refractivity contribution is 5.22. The molecule has 1 aliphatic rings. The molecule has 0 fully saturated rings. The topological polar surface area (TPSA) is 0 Å². The third kappa shape index (κ3) is 7.72. The number of rotatable bonds is 8. The van der Waals surface area contributed by atoms with Gasteiger partial charge in [-0.1, -0.05) is 82.9 Å². The first kappa shape index (κ1) is 19.2. The molecule has 1 unspecified atom stereocenters. The van der Waals surface area contributed by atoms with E-state index < -0.39 is 0 Å². The van der Waals surface area contributed by atoms with Gasteiger partial charge in [0.1, 0.15) is 0 Å². The molecule has 20 heavy (non-hydrogen) atoms. The standard InChI is InChI=1S/C18H30.C2H6/c1-4-7-12-18(15-16(6-3)11-5-2)17-13-9-8-10-14-17;1-2/h8-9,11,13,18H,4-7,10,12,14-15H2,1-3H3;1-2H3/b16-11+;. The lowest BCUT2D eigenvalue weighted by Crippen LogP contribution is -2.07. The summed E-state index contributed by atoms with van der Waals surface area (Å²) in [7, 11) is 0. The molecule has 0 nitrogen and oxygen atoms in total. The van der Waals surface area contributed by atoms with E-state index >= 15 is 0 Å². The van der Waals surface area contributed by atoms with Crippen LogP contribution in [0, 0.1) is 5.92 Å². The van der Waals surface area contributed by atoms with E-state index in [2.05, 4.69) is 45.1 Å². The third-order valence-electron chi connectivity index (χ3n) is 3.93. The molecule has 0 saturated heterocycles. The second kappa shape index (κ2) is 13.2. The molecule has 0 amide bonds. The van der Waals surface area contributed by atoms with Crippen LogP contribution in [-0.2, 0) is 0 Å². The molecular formula is C20H36. The summed E-state index contributed by atoms with van der Waals surface area (Å²) in [6, 6.07) is 0. The zero-order valence-corrected chi connectivity index (χ0v) is 14.5. The molecule has 0 aromatic heterocycles. The average Bonchev–Trinajstić information content (AvgIpc) is 2.53. The third-order valence-corrected chi connectivity index (χ3v) is 3.93. The predicted molar refractivity (Wildman–Crippen MR) is 94.1 cm³/mol. The van der Waals surface area contributed by atoms with Gasteiger partial charge in [-0.05, 0) is 44.4 Å². The highest BCUT2D eigenvalue weighted by Crippen LogP contribution is 2.31. The van der Waals surface area contributed by atoms with E-state index in [1.54, 1.807) is 11.1 Å². The van der Waals surface area contributed by atoms with Gasteiger partial charge in [-0.3, -0.25) is 0 Å². The molecule has 0 aromatic rings. The summed E-state index contributed by atoms with van der Waals surface area (Å²) in [6.45, 7) is 10.8. The van der Waals surface area contributed by atoms with Gasteiger partial charge in [-0.25, -0.2) is 0 Å². The zero-order chi connectivity index (χ0) is 15.2. The molecule has 0 spiro atoms. The van der Waals surface area contributed by atoms with Crippen LogP contribution in [0.4, 0.5) is 0 Å². The lowest BCUT2D eigenvalue weighted by atomic mass is 9.83. The number of hydrogen-bond donors (Lipinski definition) is 0. The molecule has 0 heterocycles. The van der Waals surface area contributed by atoms with Crippen molar-refractivity contribution in [3.05, 3.63) is 35.5 Å². The minimum absolute atomic E-state index is 0.799. The van der Waals surface area contributed by atoms with Crippen molar-refractivity contribution in [2.24, 2.45) is 5.92 Å². The Balaban J connectivity index is 0.00000172. The van der Waals surface area contributed by atoms with Crippen molar-refractivity contribution in [3.8, 4) is 0 Å². The van der Waals surface area contributed by atoms with Crippen LogP contribution in [-0.4, -0.2) is 0 Å². The fourth-order valence-corrected chi connectivity index (χ4v) is 2.81. The Morgan fingerprint density at radius 3 is 2.50 bits per heavy atom. The minimum Gasteiger partial charge on any atom is -0.0856 e. The molecule has 0 aliphatic heterocycles. The summed E-state index contributed by atoms with van der Waals surface area (Å²) >= 11 is 0. The van der Waals surface area contributed by atoms with Gasteiger partial charge in [0.15, 0.2) is 0 Å². The van der Waals surface area contributed by atoms with Crippen molar-refractivity contribution in [1.29, 1.82) is 0 Å². The predicted octanol–water partition coefficient (Wildman–Crippen LogP) is 7.23. The Labute approximate surface area is 128 Å². The van der Waals surface area contributed by atoms with Crippen LogP contribution in [0.15, 0.2) is 35.5 Å². The molecule has 0 radical (unpaired) electrons. The maximum absolute atomic E-state index is 2.44. The van der Waals surface area contributed by atoms with Crippen LogP contribution in [0.25, 0.3) is 0 Å². The molecule has 1 aliphatic carbocycles. The van der Waals surface area contributed by atoms with Crippen molar-refractivity contribution in [2.75, 3.05) is 0 Å². The normalized spacial score (nSPS) is 16.2. The molecular weight excluding hydrogens is 240 g/mol. The van der Waals surface area contributed by atoms with Gasteiger partial charge in [0, 0.05) is 0 Å². The Morgan fingerprint density at radius 1 is 1.25 bits per heavy atom. The maximum atomic E-state index is 2.44. The van der Waals surface area contributed by atoms with Gasteiger partial charge in [0.2, 0.25) is 0 Å². The monoisotopic (exact) mass is 276 g/mol. The van der Waals surface area contributed by atoms with E-state index in [4.69, 9.17) is 0 Å². The van der Waals surface area contributed by atoms with Crippen LogP contribution in [0.3, 0.4) is 0 Å². The lowest BCUT2D eigenvalue weighted by molar-refractivity contribution is 0.503. The van der Waals surface area contributed by atoms with Crippen molar-refractivity contribution >= 4 is 0 Å². The number of hydrogen-bond acceptors (Lipinski definition) is 0. The zero-order valence-electron chi connectivity index (χ0n) is 14.5. The smallest absolute Gasteiger partial charge is 0.0163 e. The van der Waals surface area contributed by atoms with Gasteiger partial charge < -0.3 is 0 Å². The quantitative estimate of drug-likeness (QED) is 0.410. The molecule has 116 valence electrons. The van der Waals surface area contributed by atoms with E-state index in [0.717, 1.165) is 5.92 Å². The Bertz CT molecular complexity index is 304. The first-order valence-corrected chi connectivity index (χ1v) is 8.85. The van der Waals surface area contributed by atoms with E-state index in [-0.39, 0.29) is 0 Å². The van der Waals surface area contributed by atoms with Crippen LogP contribution in [0.5, 0.6) is 0 Å². The summed E-state index contributed by atoms with van der Waals surface area (Å²) in [6.07, 6.45) is 19.7. The van der Waals surface area contributed by atoms with Crippen molar-refractivity contribution in [1.82, 2.24) is 0 Å². The maximum Gasteiger partial charge on any atom is -0.0163 e. The molecule has 0 aromatic carbocycles. The van der Waals surface area contributed by atoms with Gasteiger partial charge in [-0.15, -0.1) is 0 Å². The van der Waals surface area contributed by atoms with Crippen LogP contribution in [0.1, 0.15) is 86.0 Å². The van der Waals surface area contributed by atoms with Crippen molar-refractivity contribution in [2.45, 2.75) is 86.0 Å². The first-order valence-electron chi connectivity index (χ1n) is 8.85. The Hall–Kier alpha value is -0.780. The van der Waals surface area contributed by atoms with Crippen molar-refractivity contribution < 1.29 is 0 Å². The molecule has 1 atom stereocenters. The molecule has 0 saturated carbocycles. The summed E-state index contributed by atoms with van der Waals surface area (Å²) < 4.78 is 0. The highest BCUT2D eigenvalue weighted by atomic mass is 14.2. The van der Waals surface area contributed by atoms with Gasteiger partial charge >= 0.3 is 0 Å². The molecule has 1 rings (SSSR count). The summed E-state index contributed by atoms with van der Waals surface area (Å²) in [4.78, 5) is 0. The van der Waals surface area contributed by atoms with Crippen LogP contribution < -0.4 is 0 Å². The summed E-state index contributed by atoms with van der Waals surface area (Å²) in [5, 5.41) is 0. The van der Waals surface area contributed by atoms with E-state index in [1.165, 1.54) is 51.4 Å². The highest BCUT2D eigenvalue weighted by Gasteiger charge is 2.15.